The fourth-order valence-electron chi connectivity index (χ4n) is 2.02. The van der Waals surface area contributed by atoms with Crippen molar-refractivity contribution in [2.24, 2.45) is 7.05 Å². The first-order chi connectivity index (χ1) is 10.2. The van der Waals surface area contributed by atoms with Crippen molar-refractivity contribution in [2.45, 2.75) is 6.92 Å². The Morgan fingerprint density at radius 1 is 1.19 bits per heavy atom. The maximum absolute atomic E-state index is 5.90. The summed E-state index contributed by atoms with van der Waals surface area (Å²) in [6, 6.07) is 7.46. The summed E-state index contributed by atoms with van der Waals surface area (Å²) in [6.45, 7) is 2.76. The highest BCUT2D eigenvalue weighted by atomic mass is 35.5. The van der Waals surface area contributed by atoms with Gasteiger partial charge in [0.15, 0.2) is 5.65 Å². The summed E-state index contributed by atoms with van der Waals surface area (Å²) in [5, 5.41) is 12.2. The Hall–Kier alpha value is -2.34. The molecule has 6 nitrogen and oxygen atoms in total. The third kappa shape index (κ3) is 2.75. The van der Waals surface area contributed by atoms with Crippen molar-refractivity contribution < 1.29 is 0 Å². The van der Waals surface area contributed by atoms with Crippen LogP contribution in [0.1, 0.15) is 6.92 Å². The number of aromatic nitrogens is 4. The molecule has 7 heteroatoms. The van der Waals surface area contributed by atoms with Crippen LogP contribution in [0.15, 0.2) is 30.5 Å². The average molecular weight is 303 g/mol. The second-order valence-electron chi connectivity index (χ2n) is 4.56. The van der Waals surface area contributed by atoms with Crippen molar-refractivity contribution in [3.05, 3.63) is 35.5 Å². The van der Waals surface area contributed by atoms with Crippen molar-refractivity contribution >= 4 is 40.1 Å². The molecule has 0 saturated carbocycles. The summed E-state index contributed by atoms with van der Waals surface area (Å²) in [5.41, 5.74) is 1.68. The molecule has 1 aromatic carbocycles. The molecule has 0 radical (unpaired) electrons. The van der Waals surface area contributed by atoms with Gasteiger partial charge in [-0.2, -0.15) is 15.1 Å². The molecule has 2 heterocycles. The van der Waals surface area contributed by atoms with E-state index < -0.39 is 0 Å². The molecular formula is C14H15ClN6. The number of anilines is 3. The van der Waals surface area contributed by atoms with Gasteiger partial charge in [-0.1, -0.05) is 11.6 Å². The summed E-state index contributed by atoms with van der Waals surface area (Å²) in [5.74, 6) is 1.29. The number of halogens is 1. The second-order valence-corrected chi connectivity index (χ2v) is 5.00. The first-order valence-corrected chi connectivity index (χ1v) is 7.01. The topological polar surface area (TPSA) is 67.7 Å². The van der Waals surface area contributed by atoms with Crippen LogP contribution >= 0.6 is 11.6 Å². The van der Waals surface area contributed by atoms with Gasteiger partial charge in [0.25, 0.3) is 0 Å². The molecule has 0 saturated heterocycles. The minimum absolute atomic E-state index is 0.574. The molecule has 0 bridgehead atoms. The number of fused-ring (bicyclic) bond motifs is 1. The van der Waals surface area contributed by atoms with Gasteiger partial charge in [0.05, 0.1) is 11.6 Å². The molecule has 0 unspecified atom stereocenters. The molecule has 108 valence electrons. The van der Waals surface area contributed by atoms with Crippen LogP contribution in [-0.4, -0.2) is 26.3 Å². The lowest BCUT2D eigenvalue weighted by Gasteiger charge is -2.09. The summed E-state index contributed by atoms with van der Waals surface area (Å²) >= 11 is 5.90. The summed E-state index contributed by atoms with van der Waals surface area (Å²) in [4.78, 5) is 8.96. The number of nitrogens with one attached hydrogen (secondary N) is 2. The molecule has 0 aliphatic carbocycles. The zero-order chi connectivity index (χ0) is 14.8. The van der Waals surface area contributed by atoms with Gasteiger partial charge < -0.3 is 10.6 Å². The molecule has 3 rings (SSSR count). The van der Waals surface area contributed by atoms with Crippen LogP contribution in [0.5, 0.6) is 0 Å². The van der Waals surface area contributed by atoms with Crippen molar-refractivity contribution in [3.8, 4) is 0 Å². The molecule has 0 aliphatic heterocycles. The number of aryl methyl sites for hydroxylation is 1. The summed E-state index contributed by atoms with van der Waals surface area (Å²) in [7, 11) is 1.86. The van der Waals surface area contributed by atoms with Crippen LogP contribution in [0.2, 0.25) is 5.02 Å². The SMILES string of the molecule is CCNc1nc(Nc2ccc(Cl)cc2)c2cnn(C)c2n1. The lowest BCUT2D eigenvalue weighted by Crippen LogP contribution is -2.06. The molecule has 0 aliphatic rings. The second kappa shape index (κ2) is 5.57. The molecule has 3 aromatic rings. The summed E-state index contributed by atoms with van der Waals surface area (Å²) < 4.78 is 1.73. The van der Waals surface area contributed by atoms with Crippen molar-refractivity contribution in [1.82, 2.24) is 19.7 Å². The molecule has 0 fully saturated rings. The Bertz CT molecular complexity index is 765. The number of rotatable bonds is 4. The van der Waals surface area contributed by atoms with Crippen molar-refractivity contribution in [2.75, 3.05) is 17.2 Å². The smallest absolute Gasteiger partial charge is 0.226 e. The molecule has 21 heavy (non-hydrogen) atoms. The Morgan fingerprint density at radius 2 is 1.95 bits per heavy atom. The lowest BCUT2D eigenvalue weighted by molar-refractivity contribution is 0.785. The van der Waals surface area contributed by atoms with E-state index in [9.17, 15) is 0 Å². The van der Waals surface area contributed by atoms with E-state index in [-0.39, 0.29) is 0 Å². The van der Waals surface area contributed by atoms with Gasteiger partial charge in [-0.05, 0) is 31.2 Å². The van der Waals surface area contributed by atoms with Gasteiger partial charge in [-0.15, -0.1) is 0 Å². The van der Waals surface area contributed by atoms with E-state index in [2.05, 4.69) is 25.7 Å². The van der Waals surface area contributed by atoms with Crippen LogP contribution in [0.25, 0.3) is 11.0 Å². The highest BCUT2D eigenvalue weighted by Gasteiger charge is 2.11. The number of benzene rings is 1. The minimum Gasteiger partial charge on any atom is -0.354 e. The Morgan fingerprint density at radius 3 is 2.67 bits per heavy atom. The molecule has 0 amide bonds. The van der Waals surface area contributed by atoms with Gasteiger partial charge in [0, 0.05) is 24.3 Å². The first kappa shape index (κ1) is 13.6. The zero-order valence-corrected chi connectivity index (χ0v) is 12.5. The van der Waals surface area contributed by atoms with Crippen LogP contribution in [0, 0.1) is 0 Å². The number of nitrogens with zero attached hydrogens (tertiary/aromatic N) is 4. The minimum atomic E-state index is 0.574. The summed E-state index contributed by atoms with van der Waals surface area (Å²) in [6.07, 6.45) is 1.75. The van der Waals surface area contributed by atoms with Crippen LogP contribution in [0.4, 0.5) is 17.5 Å². The van der Waals surface area contributed by atoms with Crippen LogP contribution in [0.3, 0.4) is 0 Å². The Kier molecular flexibility index (Phi) is 3.62. The normalized spacial score (nSPS) is 10.8. The molecule has 0 atom stereocenters. The van der Waals surface area contributed by atoms with Crippen LogP contribution in [-0.2, 0) is 7.05 Å². The maximum atomic E-state index is 5.90. The van der Waals surface area contributed by atoms with Crippen molar-refractivity contribution in [3.63, 3.8) is 0 Å². The van der Waals surface area contributed by atoms with Gasteiger partial charge in [-0.3, -0.25) is 4.68 Å². The van der Waals surface area contributed by atoms with E-state index in [0.29, 0.717) is 16.8 Å². The molecule has 2 N–H and O–H groups in total. The van der Waals surface area contributed by atoms with Crippen LogP contribution < -0.4 is 10.6 Å². The third-order valence-electron chi connectivity index (χ3n) is 3.03. The predicted molar refractivity (Wildman–Crippen MR) is 85.2 cm³/mol. The van der Waals surface area contributed by atoms with E-state index in [1.54, 1.807) is 10.9 Å². The fraction of sp³-hybridized carbons (Fsp3) is 0.214. The Balaban J connectivity index is 2.05. The van der Waals surface area contributed by atoms with Gasteiger partial charge in [0.1, 0.15) is 5.82 Å². The highest BCUT2D eigenvalue weighted by molar-refractivity contribution is 6.30. The standard InChI is InChI=1S/C14H15ClN6/c1-3-16-14-19-12(11-8-17-21(2)13(11)20-14)18-10-6-4-9(15)5-7-10/h4-8H,3H2,1-2H3,(H2,16,18,19,20). The molecule has 0 spiro atoms. The largest absolute Gasteiger partial charge is 0.354 e. The van der Waals surface area contributed by atoms with Gasteiger partial charge in [-0.25, -0.2) is 0 Å². The maximum Gasteiger partial charge on any atom is 0.226 e. The third-order valence-corrected chi connectivity index (χ3v) is 3.29. The first-order valence-electron chi connectivity index (χ1n) is 6.63. The van der Waals surface area contributed by atoms with E-state index in [4.69, 9.17) is 11.6 Å². The predicted octanol–water partition coefficient (Wildman–Crippen LogP) is 3.19. The van der Waals surface area contributed by atoms with Crippen molar-refractivity contribution in [1.29, 1.82) is 0 Å². The number of hydrogen-bond donors (Lipinski definition) is 2. The van der Waals surface area contributed by atoms with Gasteiger partial charge in [0.2, 0.25) is 5.95 Å². The van der Waals surface area contributed by atoms with E-state index >= 15 is 0 Å². The highest BCUT2D eigenvalue weighted by Crippen LogP contribution is 2.25. The monoisotopic (exact) mass is 302 g/mol. The van der Waals surface area contributed by atoms with Gasteiger partial charge >= 0.3 is 0 Å². The Labute approximate surface area is 127 Å². The quantitative estimate of drug-likeness (QED) is 0.774. The zero-order valence-electron chi connectivity index (χ0n) is 11.8. The fourth-order valence-corrected chi connectivity index (χ4v) is 2.15. The molecule has 2 aromatic heterocycles. The average Bonchev–Trinajstić information content (AvgIpc) is 2.84. The van der Waals surface area contributed by atoms with E-state index in [1.807, 2.05) is 38.2 Å². The number of hydrogen-bond acceptors (Lipinski definition) is 5. The lowest BCUT2D eigenvalue weighted by atomic mass is 10.3. The van der Waals surface area contributed by atoms with E-state index in [0.717, 1.165) is 23.3 Å². The molecular weight excluding hydrogens is 288 g/mol. The van der Waals surface area contributed by atoms with E-state index in [1.165, 1.54) is 0 Å².